The van der Waals surface area contributed by atoms with Crippen molar-refractivity contribution in [3.8, 4) is 0 Å². The van der Waals surface area contributed by atoms with Gasteiger partial charge in [-0.1, -0.05) is 6.42 Å². The highest BCUT2D eigenvalue weighted by Crippen LogP contribution is 2.65. The summed E-state index contributed by atoms with van der Waals surface area (Å²) >= 11 is 0. The maximum Gasteiger partial charge on any atom is 0.0963 e. The molecule has 1 heterocycles. The predicted octanol–water partition coefficient (Wildman–Crippen LogP) is 2.92. The second-order valence-corrected chi connectivity index (χ2v) is 6.00. The lowest BCUT2D eigenvalue weighted by Crippen LogP contribution is -2.38. The molecule has 5 unspecified atom stereocenters. The van der Waals surface area contributed by atoms with Gasteiger partial charge in [-0.15, -0.1) is 0 Å². The van der Waals surface area contributed by atoms with Crippen LogP contribution < -0.4 is 0 Å². The van der Waals surface area contributed by atoms with Crippen LogP contribution in [0.1, 0.15) is 37.7 Å². The van der Waals surface area contributed by atoms with Crippen molar-refractivity contribution in [3.05, 3.63) is 24.2 Å². The summed E-state index contributed by atoms with van der Waals surface area (Å²) in [5.74, 6) is 3.00. The number of furan rings is 1. The normalized spacial score (nSPS) is 49.8. The fourth-order valence-corrected chi connectivity index (χ4v) is 4.96. The van der Waals surface area contributed by atoms with Gasteiger partial charge in [-0.2, -0.15) is 0 Å². The van der Waals surface area contributed by atoms with E-state index in [0.29, 0.717) is 5.92 Å². The lowest BCUT2D eigenvalue weighted by molar-refractivity contribution is -0.0516. The van der Waals surface area contributed by atoms with Gasteiger partial charge in [0, 0.05) is 5.56 Å². The van der Waals surface area contributed by atoms with Crippen LogP contribution in [0.4, 0.5) is 0 Å². The van der Waals surface area contributed by atoms with E-state index >= 15 is 0 Å². The molecule has 2 nitrogen and oxygen atoms in total. The van der Waals surface area contributed by atoms with Crippen LogP contribution in [-0.2, 0) is 5.60 Å². The number of aliphatic hydroxyl groups is 1. The van der Waals surface area contributed by atoms with Gasteiger partial charge >= 0.3 is 0 Å². The summed E-state index contributed by atoms with van der Waals surface area (Å²) in [6, 6.07) is 1.95. The zero-order valence-corrected chi connectivity index (χ0v) is 9.43. The Morgan fingerprint density at radius 3 is 3.00 bits per heavy atom. The van der Waals surface area contributed by atoms with E-state index in [2.05, 4.69) is 0 Å². The summed E-state index contributed by atoms with van der Waals surface area (Å²) in [5.41, 5.74) is 0.453. The van der Waals surface area contributed by atoms with E-state index in [4.69, 9.17) is 4.42 Å². The Hall–Kier alpha value is -0.760. The minimum absolute atomic E-state index is 0.502. The SMILES string of the molecule is OC1(c2ccoc2)CC2CC1C1CCCC21. The van der Waals surface area contributed by atoms with Crippen LogP contribution in [0, 0.1) is 23.7 Å². The van der Waals surface area contributed by atoms with Crippen molar-refractivity contribution in [3.63, 3.8) is 0 Å². The predicted molar refractivity (Wildman–Crippen MR) is 59.6 cm³/mol. The van der Waals surface area contributed by atoms with Gasteiger partial charge in [0.25, 0.3) is 0 Å². The quantitative estimate of drug-likeness (QED) is 0.786. The Kier molecular flexibility index (Phi) is 1.69. The zero-order valence-electron chi connectivity index (χ0n) is 9.43. The molecule has 1 aromatic heterocycles. The molecule has 2 heteroatoms. The van der Waals surface area contributed by atoms with Gasteiger partial charge in [-0.25, -0.2) is 0 Å². The summed E-state index contributed by atoms with van der Waals surface area (Å²) in [4.78, 5) is 0. The molecule has 3 saturated carbocycles. The molecule has 0 radical (unpaired) electrons. The minimum Gasteiger partial charge on any atom is -0.472 e. The van der Waals surface area contributed by atoms with Gasteiger partial charge in [-0.3, -0.25) is 0 Å². The molecule has 2 bridgehead atoms. The molecule has 0 aliphatic heterocycles. The molecule has 3 aliphatic rings. The Morgan fingerprint density at radius 1 is 1.31 bits per heavy atom. The summed E-state index contributed by atoms with van der Waals surface area (Å²) in [5, 5.41) is 10.9. The molecule has 86 valence electrons. The molecule has 1 N–H and O–H groups in total. The molecule has 1 aromatic rings. The van der Waals surface area contributed by atoms with Crippen LogP contribution in [-0.4, -0.2) is 5.11 Å². The minimum atomic E-state index is -0.566. The molecular formula is C14H18O2. The van der Waals surface area contributed by atoms with Gasteiger partial charge in [0.1, 0.15) is 0 Å². The summed E-state index contributed by atoms with van der Waals surface area (Å²) < 4.78 is 5.15. The van der Waals surface area contributed by atoms with E-state index in [1.807, 2.05) is 6.07 Å². The van der Waals surface area contributed by atoms with Crippen molar-refractivity contribution in [1.29, 1.82) is 0 Å². The van der Waals surface area contributed by atoms with E-state index < -0.39 is 5.60 Å². The first-order chi connectivity index (χ1) is 7.79. The first-order valence-electron chi connectivity index (χ1n) is 6.54. The Balaban J connectivity index is 1.74. The van der Waals surface area contributed by atoms with E-state index in [9.17, 15) is 5.11 Å². The third-order valence-corrected chi connectivity index (χ3v) is 5.51. The van der Waals surface area contributed by atoms with Crippen molar-refractivity contribution in [2.24, 2.45) is 23.7 Å². The molecule has 0 saturated heterocycles. The van der Waals surface area contributed by atoms with Crippen molar-refractivity contribution in [2.75, 3.05) is 0 Å². The van der Waals surface area contributed by atoms with Crippen molar-refractivity contribution < 1.29 is 9.52 Å². The third kappa shape index (κ3) is 0.969. The van der Waals surface area contributed by atoms with Gasteiger partial charge in [-0.05, 0) is 55.4 Å². The van der Waals surface area contributed by atoms with Crippen LogP contribution in [0.5, 0.6) is 0 Å². The maximum absolute atomic E-state index is 10.9. The zero-order chi connectivity index (χ0) is 10.8. The van der Waals surface area contributed by atoms with E-state index in [0.717, 1.165) is 29.7 Å². The van der Waals surface area contributed by atoms with Crippen LogP contribution >= 0.6 is 0 Å². The lowest BCUT2D eigenvalue weighted by atomic mass is 9.70. The topological polar surface area (TPSA) is 33.4 Å². The fraction of sp³-hybridized carbons (Fsp3) is 0.714. The molecule has 3 aliphatic carbocycles. The average Bonchev–Trinajstić information content (AvgIpc) is 3.00. The first kappa shape index (κ1) is 9.29. The van der Waals surface area contributed by atoms with Gasteiger partial charge in [0.2, 0.25) is 0 Å². The van der Waals surface area contributed by atoms with Gasteiger partial charge < -0.3 is 9.52 Å². The number of rotatable bonds is 1. The van der Waals surface area contributed by atoms with E-state index in [1.54, 1.807) is 12.5 Å². The molecule has 5 atom stereocenters. The molecule has 0 aromatic carbocycles. The number of hydrogen-bond acceptors (Lipinski definition) is 2. The fourth-order valence-electron chi connectivity index (χ4n) is 4.96. The molecule has 16 heavy (non-hydrogen) atoms. The average molecular weight is 218 g/mol. The monoisotopic (exact) mass is 218 g/mol. The molecule has 0 amide bonds. The van der Waals surface area contributed by atoms with Crippen LogP contribution in [0.3, 0.4) is 0 Å². The molecule has 4 rings (SSSR count). The van der Waals surface area contributed by atoms with Crippen molar-refractivity contribution in [1.82, 2.24) is 0 Å². The van der Waals surface area contributed by atoms with E-state index in [-0.39, 0.29) is 0 Å². The highest BCUT2D eigenvalue weighted by atomic mass is 16.3. The highest BCUT2D eigenvalue weighted by molar-refractivity contribution is 5.24. The van der Waals surface area contributed by atoms with Gasteiger partial charge in [0.05, 0.1) is 18.1 Å². The summed E-state index contributed by atoms with van der Waals surface area (Å²) in [7, 11) is 0. The molecular weight excluding hydrogens is 200 g/mol. The van der Waals surface area contributed by atoms with E-state index in [1.165, 1.54) is 25.7 Å². The largest absolute Gasteiger partial charge is 0.472 e. The highest BCUT2D eigenvalue weighted by Gasteiger charge is 2.61. The number of fused-ring (bicyclic) bond motifs is 5. The van der Waals surface area contributed by atoms with Gasteiger partial charge in [0.15, 0.2) is 0 Å². The van der Waals surface area contributed by atoms with Crippen LogP contribution in [0.2, 0.25) is 0 Å². The number of hydrogen-bond donors (Lipinski definition) is 1. The second-order valence-electron chi connectivity index (χ2n) is 6.00. The standard InChI is InChI=1S/C14H18O2/c15-14(10-4-5-16-8-10)7-9-6-13(14)12-3-1-2-11(9)12/h4-5,8-9,11-13,15H,1-3,6-7H2. The van der Waals surface area contributed by atoms with Crippen molar-refractivity contribution in [2.45, 2.75) is 37.7 Å². The second kappa shape index (κ2) is 2.92. The molecule has 3 fully saturated rings. The maximum atomic E-state index is 10.9. The van der Waals surface area contributed by atoms with Crippen LogP contribution in [0.25, 0.3) is 0 Å². The Morgan fingerprint density at radius 2 is 2.19 bits per heavy atom. The summed E-state index contributed by atoms with van der Waals surface area (Å²) in [6.45, 7) is 0. The third-order valence-electron chi connectivity index (χ3n) is 5.51. The smallest absolute Gasteiger partial charge is 0.0963 e. The first-order valence-corrected chi connectivity index (χ1v) is 6.54. The Labute approximate surface area is 95.7 Å². The Bertz CT molecular complexity index is 397. The van der Waals surface area contributed by atoms with Crippen LogP contribution in [0.15, 0.2) is 23.0 Å². The molecule has 0 spiro atoms. The summed E-state index contributed by atoms with van der Waals surface area (Å²) in [6.07, 6.45) is 9.77. The lowest BCUT2D eigenvalue weighted by Gasteiger charge is -2.38. The van der Waals surface area contributed by atoms with Crippen molar-refractivity contribution >= 4 is 0 Å².